The van der Waals surface area contributed by atoms with Gasteiger partial charge in [-0.05, 0) is 12.5 Å². The summed E-state index contributed by atoms with van der Waals surface area (Å²) < 4.78 is 15.5. The summed E-state index contributed by atoms with van der Waals surface area (Å²) >= 11 is 0. The lowest BCUT2D eigenvalue weighted by atomic mass is 10.1. The lowest BCUT2D eigenvalue weighted by molar-refractivity contribution is -0.386. The number of ether oxygens (including phenoxy) is 3. The molecule has 0 spiro atoms. The minimum absolute atomic E-state index is 0.0406. The van der Waals surface area contributed by atoms with Gasteiger partial charge in [0.1, 0.15) is 0 Å². The van der Waals surface area contributed by atoms with Crippen molar-refractivity contribution in [3.8, 4) is 0 Å². The van der Waals surface area contributed by atoms with Crippen molar-refractivity contribution in [1.82, 2.24) is 0 Å². The Morgan fingerprint density at radius 3 is 2.12 bits per heavy atom. The molecule has 0 radical (unpaired) electrons. The van der Waals surface area contributed by atoms with Crippen molar-refractivity contribution in [1.29, 1.82) is 0 Å². The monoisotopic (exact) mass is 241 g/mol. The summed E-state index contributed by atoms with van der Waals surface area (Å²) in [6, 6.07) is 4.43. The van der Waals surface area contributed by atoms with Crippen LogP contribution in [0.15, 0.2) is 18.2 Å². The van der Waals surface area contributed by atoms with Crippen molar-refractivity contribution < 1.29 is 19.1 Å². The maximum absolute atomic E-state index is 10.7. The zero-order valence-electron chi connectivity index (χ0n) is 10.2. The molecule has 6 heteroatoms. The predicted octanol–water partition coefficient (Wildman–Crippen LogP) is 1.95. The second kappa shape index (κ2) is 5.22. The number of non-ortho nitro benzene ring substituents is 1. The van der Waals surface area contributed by atoms with Crippen LogP contribution in [-0.4, -0.2) is 26.3 Å². The molecule has 0 saturated carbocycles. The number of hydrogen-bond donors (Lipinski definition) is 0. The first-order valence-electron chi connectivity index (χ1n) is 4.91. The Balaban J connectivity index is 3.36. The average molecular weight is 241 g/mol. The molecule has 1 rings (SSSR count). The first-order chi connectivity index (χ1) is 8.00. The number of nitro groups is 1. The molecule has 0 aliphatic carbocycles. The van der Waals surface area contributed by atoms with Crippen LogP contribution in [0.2, 0.25) is 0 Å². The number of methoxy groups -OCH3 is 3. The van der Waals surface area contributed by atoms with Crippen LogP contribution in [0.4, 0.5) is 5.69 Å². The predicted molar refractivity (Wildman–Crippen MR) is 60.5 cm³/mol. The lowest BCUT2D eigenvalue weighted by Gasteiger charge is -2.29. The zero-order chi connectivity index (χ0) is 13.1. The molecule has 94 valence electrons. The van der Waals surface area contributed by atoms with Crippen molar-refractivity contribution in [3.63, 3.8) is 0 Å². The number of aryl methyl sites for hydroxylation is 1. The highest BCUT2D eigenvalue weighted by Gasteiger charge is 2.35. The van der Waals surface area contributed by atoms with Gasteiger partial charge in [-0.15, -0.1) is 0 Å². The van der Waals surface area contributed by atoms with Gasteiger partial charge in [-0.3, -0.25) is 10.1 Å². The highest BCUT2D eigenvalue weighted by Crippen LogP contribution is 2.32. The fourth-order valence-electron chi connectivity index (χ4n) is 1.63. The Morgan fingerprint density at radius 1 is 1.18 bits per heavy atom. The van der Waals surface area contributed by atoms with Crippen LogP contribution >= 0.6 is 0 Å². The Bertz CT molecular complexity index is 406. The van der Waals surface area contributed by atoms with E-state index in [0.29, 0.717) is 5.56 Å². The third kappa shape index (κ3) is 2.44. The maximum Gasteiger partial charge on any atom is 0.311 e. The van der Waals surface area contributed by atoms with Gasteiger partial charge in [0.05, 0.1) is 10.5 Å². The van der Waals surface area contributed by atoms with Crippen molar-refractivity contribution in [2.75, 3.05) is 21.3 Å². The van der Waals surface area contributed by atoms with E-state index in [9.17, 15) is 10.1 Å². The highest BCUT2D eigenvalue weighted by atomic mass is 16.9. The molecule has 0 amide bonds. The standard InChI is InChI=1S/C11H15NO5/c1-8-5-6-9(12(13)14)7-10(8)11(15-2,16-3)17-4/h5-7H,1-4H3. The summed E-state index contributed by atoms with van der Waals surface area (Å²) in [5, 5.41) is 10.7. The van der Waals surface area contributed by atoms with E-state index in [1.54, 1.807) is 13.0 Å². The van der Waals surface area contributed by atoms with Crippen LogP contribution in [0.5, 0.6) is 0 Å². The van der Waals surface area contributed by atoms with Gasteiger partial charge in [0.2, 0.25) is 0 Å². The van der Waals surface area contributed by atoms with E-state index in [4.69, 9.17) is 14.2 Å². The van der Waals surface area contributed by atoms with Crippen LogP contribution in [0.3, 0.4) is 0 Å². The van der Waals surface area contributed by atoms with Crippen molar-refractivity contribution >= 4 is 5.69 Å². The zero-order valence-corrected chi connectivity index (χ0v) is 10.2. The Labute approximate surface area is 99.2 Å². The Kier molecular flexibility index (Phi) is 4.17. The maximum atomic E-state index is 10.7. The number of hydrogen-bond acceptors (Lipinski definition) is 5. The van der Waals surface area contributed by atoms with Gasteiger partial charge in [-0.1, -0.05) is 6.07 Å². The van der Waals surface area contributed by atoms with Crippen molar-refractivity contribution in [3.05, 3.63) is 39.4 Å². The van der Waals surface area contributed by atoms with Gasteiger partial charge in [-0.2, -0.15) is 0 Å². The SMILES string of the molecule is COC(OC)(OC)c1cc([N+](=O)[O-])ccc1C. The fourth-order valence-corrected chi connectivity index (χ4v) is 1.63. The van der Waals surface area contributed by atoms with Crippen molar-refractivity contribution in [2.45, 2.75) is 12.9 Å². The number of nitrogens with zero attached hydrogens (tertiary/aromatic N) is 1. The topological polar surface area (TPSA) is 70.8 Å². The molecule has 17 heavy (non-hydrogen) atoms. The van der Waals surface area contributed by atoms with E-state index in [-0.39, 0.29) is 5.69 Å². The Morgan fingerprint density at radius 2 is 1.71 bits per heavy atom. The lowest BCUT2D eigenvalue weighted by Crippen LogP contribution is -2.33. The minimum atomic E-state index is -1.42. The summed E-state index contributed by atoms with van der Waals surface area (Å²) in [6.07, 6.45) is 0. The van der Waals surface area contributed by atoms with E-state index in [2.05, 4.69) is 0 Å². The molecule has 0 atom stereocenters. The molecular weight excluding hydrogens is 226 g/mol. The smallest absolute Gasteiger partial charge is 0.311 e. The highest BCUT2D eigenvalue weighted by molar-refractivity contribution is 5.41. The van der Waals surface area contributed by atoms with Gasteiger partial charge in [-0.25, -0.2) is 0 Å². The molecule has 0 aliphatic heterocycles. The molecule has 0 aliphatic rings. The van der Waals surface area contributed by atoms with Crippen LogP contribution in [0.1, 0.15) is 11.1 Å². The summed E-state index contributed by atoms with van der Waals surface area (Å²) in [7, 11) is 4.22. The van der Waals surface area contributed by atoms with Crippen LogP contribution in [0, 0.1) is 17.0 Å². The second-order valence-electron chi connectivity index (χ2n) is 3.42. The molecule has 0 heterocycles. The normalized spacial score (nSPS) is 11.5. The van der Waals surface area contributed by atoms with Gasteiger partial charge in [0.15, 0.2) is 0 Å². The molecular formula is C11H15NO5. The summed E-state index contributed by atoms with van der Waals surface area (Å²) in [5.41, 5.74) is 1.21. The van der Waals surface area contributed by atoms with E-state index in [1.165, 1.54) is 33.5 Å². The fraction of sp³-hybridized carbons (Fsp3) is 0.455. The van der Waals surface area contributed by atoms with E-state index >= 15 is 0 Å². The van der Waals surface area contributed by atoms with Crippen LogP contribution < -0.4 is 0 Å². The third-order valence-electron chi connectivity index (χ3n) is 2.57. The first-order valence-corrected chi connectivity index (χ1v) is 4.91. The first kappa shape index (κ1) is 13.6. The average Bonchev–Trinajstić information content (AvgIpc) is 2.33. The van der Waals surface area contributed by atoms with Crippen molar-refractivity contribution in [2.24, 2.45) is 0 Å². The van der Waals surface area contributed by atoms with E-state index < -0.39 is 10.9 Å². The molecule has 0 fully saturated rings. The molecule has 0 N–H and O–H groups in total. The van der Waals surface area contributed by atoms with Crippen LogP contribution in [0.25, 0.3) is 0 Å². The Hall–Kier alpha value is -1.50. The molecule has 1 aromatic rings. The van der Waals surface area contributed by atoms with E-state index in [1.807, 2.05) is 0 Å². The third-order valence-corrected chi connectivity index (χ3v) is 2.57. The molecule has 0 unspecified atom stereocenters. The molecule has 1 aromatic carbocycles. The molecule has 6 nitrogen and oxygen atoms in total. The van der Waals surface area contributed by atoms with Crippen LogP contribution in [-0.2, 0) is 20.2 Å². The molecule has 0 bridgehead atoms. The minimum Gasteiger partial charge on any atom is -0.327 e. The summed E-state index contributed by atoms with van der Waals surface area (Å²) in [4.78, 5) is 10.3. The largest absolute Gasteiger partial charge is 0.327 e. The second-order valence-corrected chi connectivity index (χ2v) is 3.42. The summed E-state index contributed by atoms with van der Waals surface area (Å²) in [6.45, 7) is 1.80. The van der Waals surface area contributed by atoms with Gasteiger partial charge < -0.3 is 14.2 Å². The molecule has 0 saturated heterocycles. The summed E-state index contributed by atoms with van der Waals surface area (Å²) in [5.74, 6) is -1.42. The van der Waals surface area contributed by atoms with Gasteiger partial charge in [0, 0.05) is 33.5 Å². The van der Waals surface area contributed by atoms with E-state index in [0.717, 1.165) is 5.56 Å². The quantitative estimate of drug-likeness (QED) is 0.447. The number of nitro benzene ring substituents is 1. The number of benzene rings is 1. The van der Waals surface area contributed by atoms with Gasteiger partial charge >= 0.3 is 5.97 Å². The molecule has 0 aromatic heterocycles. The van der Waals surface area contributed by atoms with Gasteiger partial charge in [0.25, 0.3) is 5.69 Å². The number of rotatable bonds is 5.